The molecule has 1 atom stereocenters. The van der Waals surface area contributed by atoms with Crippen LogP contribution in [0.15, 0.2) is 22.9 Å². The molecule has 1 aliphatic rings. The van der Waals surface area contributed by atoms with E-state index in [1.807, 2.05) is 0 Å². The minimum atomic E-state index is -0.226. The number of pyridine rings is 1. The molecule has 1 aliphatic heterocycles. The summed E-state index contributed by atoms with van der Waals surface area (Å²) >= 11 is 5.81. The molecule has 6 heteroatoms. The molecule has 1 fully saturated rings. The molecule has 5 nitrogen and oxygen atoms in total. The Balaban J connectivity index is 1.88. The van der Waals surface area contributed by atoms with Gasteiger partial charge in [0.05, 0.1) is 10.6 Å². The van der Waals surface area contributed by atoms with E-state index in [0.717, 1.165) is 13.0 Å². The lowest BCUT2D eigenvalue weighted by Crippen LogP contribution is -2.43. The number of piperidine rings is 1. The minimum Gasteiger partial charge on any atom is -0.337 e. The zero-order valence-electron chi connectivity index (χ0n) is 10.7. The minimum absolute atomic E-state index is 0.226. The molecule has 100 valence electrons. The van der Waals surface area contributed by atoms with Gasteiger partial charge in [-0.25, -0.2) is 0 Å². The number of hydrogen-bond donors (Lipinski definition) is 1. The maximum Gasteiger partial charge on any atom is 0.247 e. The number of rotatable bonds is 2. The van der Waals surface area contributed by atoms with Gasteiger partial charge in [0.25, 0.3) is 0 Å². The highest BCUT2D eigenvalue weighted by molar-refractivity contribution is 6.30. The van der Waals surface area contributed by atoms with Gasteiger partial charge in [-0.3, -0.25) is 4.98 Å². The Morgan fingerprint density at radius 3 is 2.95 bits per heavy atom. The Bertz CT molecular complexity index is 560. The molecule has 19 heavy (non-hydrogen) atoms. The van der Waals surface area contributed by atoms with Crippen LogP contribution >= 0.6 is 11.6 Å². The topological polar surface area (TPSA) is 63.8 Å². The molecule has 2 aromatic heterocycles. The van der Waals surface area contributed by atoms with Crippen molar-refractivity contribution < 1.29 is 4.52 Å². The van der Waals surface area contributed by atoms with Crippen molar-refractivity contribution in [2.24, 2.45) is 0 Å². The van der Waals surface area contributed by atoms with Gasteiger partial charge in [0.2, 0.25) is 11.7 Å². The van der Waals surface area contributed by atoms with E-state index in [-0.39, 0.29) is 5.54 Å². The normalized spacial score (nSPS) is 23.5. The van der Waals surface area contributed by atoms with Crippen LogP contribution in [0.3, 0.4) is 0 Å². The lowest BCUT2D eigenvalue weighted by Gasteiger charge is -2.31. The molecule has 3 heterocycles. The summed E-state index contributed by atoms with van der Waals surface area (Å²) in [7, 11) is 0. The van der Waals surface area contributed by atoms with E-state index in [4.69, 9.17) is 16.1 Å². The van der Waals surface area contributed by atoms with Gasteiger partial charge in [-0.1, -0.05) is 16.8 Å². The summed E-state index contributed by atoms with van der Waals surface area (Å²) in [6, 6.07) is 3.55. The first-order valence-corrected chi connectivity index (χ1v) is 6.76. The Morgan fingerprint density at radius 1 is 1.37 bits per heavy atom. The standard InChI is InChI=1S/C13H15ClN4O/c1-13(6-2-3-7-16-13)12-17-11(18-19-12)10-5-4-9(14)8-15-10/h4-5,8,16H,2-3,6-7H2,1H3. The third-order valence-corrected chi connectivity index (χ3v) is 3.70. The van der Waals surface area contributed by atoms with Crippen LogP contribution in [0.1, 0.15) is 32.1 Å². The first-order valence-electron chi connectivity index (χ1n) is 6.38. The SMILES string of the molecule is CC1(c2nc(-c3ccc(Cl)cn3)no2)CCCCN1. The van der Waals surface area contributed by atoms with Crippen molar-refractivity contribution in [3.8, 4) is 11.5 Å². The van der Waals surface area contributed by atoms with Gasteiger partial charge in [-0.2, -0.15) is 4.98 Å². The van der Waals surface area contributed by atoms with Crippen molar-refractivity contribution in [1.82, 2.24) is 20.4 Å². The van der Waals surface area contributed by atoms with E-state index < -0.39 is 0 Å². The highest BCUT2D eigenvalue weighted by Crippen LogP contribution is 2.29. The third-order valence-electron chi connectivity index (χ3n) is 3.47. The summed E-state index contributed by atoms with van der Waals surface area (Å²) in [5.74, 6) is 1.12. The van der Waals surface area contributed by atoms with Crippen molar-refractivity contribution >= 4 is 11.6 Å². The molecule has 0 aliphatic carbocycles. The number of halogens is 1. The molecule has 2 aromatic rings. The quantitative estimate of drug-likeness (QED) is 0.915. The Kier molecular flexibility index (Phi) is 3.24. The summed E-state index contributed by atoms with van der Waals surface area (Å²) in [6.45, 7) is 3.08. The van der Waals surface area contributed by atoms with Crippen molar-refractivity contribution in [3.63, 3.8) is 0 Å². The Morgan fingerprint density at radius 2 is 2.26 bits per heavy atom. The second-order valence-electron chi connectivity index (χ2n) is 5.00. The van der Waals surface area contributed by atoms with Crippen LogP contribution in [-0.2, 0) is 5.54 Å². The van der Waals surface area contributed by atoms with Crippen LogP contribution in [0.2, 0.25) is 5.02 Å². The highest BCUT2D eigenvalue weighted by Gasteiger charge is 2.34. The van der Waals surface area contributed by atoms with Crippen LogP contribution in [0, 0.1) is 0 Å². The largest absolute Gasteiger partial charge is 0.337 e. The third kappa shape index (κ3) is 2.48. The monoisotopic (exact) mass is 278 g/mol. The molecule has 1 unspecified atom stereocenters. The predicted molar refractivity (Wildman–Crippen MR) is 71.7 cm³/mol. The molecule has 0 spiro atoms. The Labute approximate surface area is 116 Å². The van der Waals surface area contributed by atoms with Crippen LogP contribution in [0.4, 0.5) is 0 Å². The van der Waals surface area contributed by atoms with Gasteiger partial charge >= 0.3 is 0 Å². The highest BCUT2D eigenvalue weighted by atomic mass is 35.5. The molecular formula is C13H15ClN4O. The van der Waals surface area contributed by atoms with E-state index in [0.29, 0.717) is 22.4 Å². The summed E-state index contributed by atoms with van der Waals surface area (Å²) < 4.78 is 5.40. The maximum absolute atomic E-state index is 5.81. The maximum atomic E-state index is 5.81. The summed E-state index contributed by atoms with van der Waals surface area (Å²) in [5.41, 5.74) is 0.439. The molecule has 1 N–H and O–H groups in total. The lowest BCUT2D eigenvalue weighted by molar-refractivity contribution is 0.207. The predicted octanol–water partition coefficient (Wildman–Crippen LogP) is 2.77. The first kappa shape index (κ1) is 12.6. The lowest BCUT2D eigenvalue weighted by atomic mass is 9.91. The molecule has 0 amide bonds. The summed E-state index contributed by atoms with van der Waals surface area (Å²) in [4.78, 5) is 8.65. The van der Waals surface area contributed by atoms with Gasteiger partial charge in [-0.15, -0.1) is 0 Å². The second kappa shape index (κ2) is 4.90. The molecule has 0 saturated carbocycles. The van der Waals surface area contributed by atoms with Crippen molar-refractivity contribution in [1.29, 1.82) is 0 Å². The number of nitrogens with one attached hydrogen (secondary N) is 1. The van der Waals surface area contributed by atoms with Crippen molar-refractivity contribution in [3.05, 3.63) is 29.2 Å². The fourth-order valence-electron chi connectivity index (χ4n) is 2.30. The summed E-state index contributed by atoms with van der Waals surface area (Å²) in [5, 5.41) is 8.04. The summed E-state index contributed by atoms with van der Waals surface area (Å²) in [6.07, 6.45) is 4.94. The smallest absolute Gasteiger partial charge is 0.247 e. The molecular weight excluding hydrogens is 264 g/mol. The molecule has 3 rings (SSSR count). The van der Waals surface area contributed by atoms with Crippen LogP contribution in [-0.4, -0.2) is 21.7 Å². The van der Waals surface area contributed by atoms with E-state index >= 15 is 0 Å². The van der Waals surface area contributed by atoms with E-state index in [2.05, 4.69) is 27.4 Å². The molecule has 1 saturated heterocycles. The zero-order chi connectivity index (χ0) is 13.3. The van der Waals surface area contributed by atoms with Gasteiger partial charge in [0, 0.05) is 6.20 Å². The number of aromatic nitrogens is 3. The first-order chi connectivity index (χ1) is 9.17. The average molecular weight is 279 g/mol. The fraction of sp³-hybridized carbons (Fsp3) is 0.462. The van der Waals surface area contributed by atoms with E-state index in [1.165, 1.54) is 12.8 Å². The van der Waals surface area contributed by atoms with Crippen molar-refractivity contribution in [2.45, 2.75) is 31.7 Å². The molecule has 0 aromatic carbocycles. The Hall–Kier alpha value is -1.46. The molecule has 0 bridgehead atoms. The van der Waals surface area contributed by atoms with Crippen LogP contribution in [0.25, 0.3) is 11.5 Å². The zero-order valence-corrected chi connectivity index (χ0v) is 11.4. The fourth-order valence-corrected chi connectivity index (χ4v) is 2.41. The average Bonchev–Trinajstić information content (AvgIpc) is 2.91. The second-order valence-corrected chi connectivity index (χ2v) is 5.44. The van der Waals surface area contributed by atoms with Gasteiger partial charge in [-0.05, 0) is 44.9 Å². The van der Waals surface area contributed by atoms with Gasteiger partial charge < -0.3 is 9.84 Å². The van der Waals surface area contributed by atoms with Crippen LogP contribution in [0.5, 0.6) is 0 Å². The van der Waals surface area contributed by atoms with Gasteiger partial charge in [0.15, 0.2) is 0 Å². The van der Waals surface area contributed by atoms with E-state index in [9.17, 15) is 0 Å². The van der Waals surface area contributed by atoms with Crippen LogP contribution < -0.4 is 5.32 Å². The van der Waals surface area contributed by atoms with Crippen molar-refractivity contribution in [2.75, 3.05) is 6.54 Å². The molecule has 0 radical (unpaired) electrons. The van der Waals surface area contributed by atoms with Gasteiger partial charge in [0.1, 0.15) is 5.69 Å². The number of hydrogen-bond acceptors (Lipinski definition) is 5. The van der Waals surface area contributed by atoms with E-state index in [1.54, 1.807) is 18.3 Å². The number of nitrogens with zero attached hydrogens (tertiary/aromatic N) is 3.